The van der Waals surface area contributed by atoms with Gasteiger partial charge in [-0.1, -0.05) is 19.4 Å². The number of carbonyl (C=O) groups is 1. The molecule has 112 valence electrons. The molecule has 0 fully saturated rings. The summed E-state index contributed by atoms with van der Waals surface area (Å²) in [6, 6.07) is 4.79. The van der Waals surface area contributed by atoms with E-state index in [4.69, 9.17) is 5.73 Å². The van der Waals surface area contributed by atoms with Crippen LogP contribution in [0.2, 0.25) is 0 Å². The number of benzene rings is 1. The molecule has 2 rings (SSSR count). The van der Waals surface area contributed by atoms with Crippen molar-refractivity contribution in [2.45, 2.75) is 45.2 Å². The first-order valence-corrected chi connectivity index (χ1v) is 6.79. The molecule has 1 aromatic rings. The van der Waals surface area contributed by atoms with Gasteiger partial charge < -0.3 is 10.6 Å². The number of nitrogens with two attached hydrogens (primary N) is 1. The van der Waals surface area contributed by atoms with Gasteiger partial charge in [0.15, 0.2) is 0 Å². The fourth-order valence-electron chi connectivity index (χ4n) is 2.69. The van der Waals surface area contributed by atoms with Crippen LogP contribution in [0.15, 0.2) is 18.2 Å². The number of carbonyl (C=O) groups excluding carboxylic acids is 1. The third-order valence-corrected chi connectivity index (χ3v) is 3.73. The van der Waals surface area contributed by atoms with Crippen LogP contribution < -0.4 is 5.73 Å². The first-order chi connectivity index (χ1) is 8.94. The number of hydrogen-bond donors (Lipinski definition) is 1. The van der Waals surface area contributed by atoms with Crippen molar-refractivity contribution in [3.05, 3.63) is 35.1 Å². The molecule has 1 aliphatic heterocycles. The third kappa shape index (κ3) is 3.49. The Bertz CT molecular complexity index is 491. The topological polar surface area (TPSA) is 46.3 Å². The van der Waals surface area contributed by atoms with Crippen LogP contribution in [-0.2, 0) is 17.8 Å². The van der Waals surface area contributed by atoms with E-state index in [0.717, 1.165) is 24.0 Å². The summed E-state index contributed by atoms with van der Waals surface area (Å²) in [5.41, 5.74) is 7.29. The molecule has 1 amide bonds. The molecular formula is C15H22ClFN2O. The molecule has 1 heterocycles. The summed E-state index contributed by atoms with van der Waals surface area (Å²) in [6.45, 7) is 4.91. The molecule has 1 atom stereocenters. The summed E-state index contributed by atoms with van der Waals surface area (Å²) in [5.74, 6) is -0.290. The minimum atomic E-state index is -0.820. The molecule has 0 saturated carbocycles. The summed E-state index contributed by atoms with van der Waals surface area (Å²) in [5, 5.41) is 0. The number of rotatable bonds is 3. The Morgan fingerprint density at radius 2 is 2.15 bits per heavy atom. The van der Waals surface area contributed by atoms with Crippen molar-refractivity contribution in [2.24, 2.45) is 5.73 Å². The van der Waals surface area contributed by atoms with E-state index in [1.54, 1.807) is 17.9 Å². The standard InChI is InChI=1S/C15H21FN2O.ClH/c1-3-7-15(2,17)14(19)18-8-6-11-4-5-13(16)9-12(11)10-18;/h4-5,9H,3,6-8,10,17H2,1-2H3;1H. The maximum Gasteiger partial charge on any atom is 0.242 e. The fraction of sp³-hybridized carbons (Fsp3) is 0.533. The van der Waals surface area contributed by atoms with Crippen LogP contribution in [0.25, 0.3) is 0 Å². The Balaban J connectivity index is 0.00000200. The van der Waals surface area contributed by atoms with Gasteiger partial charge in [0.25, 0.3) is 0 Å². The zero-order valence-electron chi connectivity index (χ0n) is 12.0. The van der Waals surface area contributed by atoms with Gasteiger partial charge >= 0.3 is 0 Å². The Morgan fingerprint density at radius 3 is 2.80 bits per heavy atom. The smallest absolute Gasteiger partial charge is 0.242 e. The van der Waals surface area contributed by atoms with Gasteiger partial charge in [0.05, 0.1) is 5.54 Å². The molecule has 1 aliphatic rings. The highest BCUT2D eigenvalue weighted by atomic mass is 35.5. The van der Waals surface area contributed by atoms with Gasteiger partial charge in [0.2, 0.25) is 5.91 Å². The molecule has 3 nitrogen and oxygen atoms in total. The van der Waals surface area contributed by atoms with E-state index < -0.39 is 5.54 Å². The maximum absolute atomic E-state index is 13.2. The Kier molecular flexibility index (Phi) is 5.54. The van der Waals surface area contributed by atoms with Crippen LogP contribution in [0, 0.1) is 5.82 Å². The van der Waals surface area contributed by atoms with Crippen LogP contribution in [-0.4, -0.2) is 22.9 Å². The summed E-state index contributed by atoms with van der Waals surface area (Å²) in [7, 11) is 0. The molecule has 0 bridgehead atoms. The predicted molar refractivity (Wildman–Crippen MR) is 80.3 cm³/mol. The molecule has 0 spiro atoms. The van der Waals surface area contributed by atoms with Gasteiger partial charge in [0, 0.05) is 13.1 Å². The van der Waals surface area contributed by atoms with Gasteiger partial charge in [0.1, 0.15) is 5.82 Å². The van der Waals surface area contributed by atoms with Gasteiger partial charge in [-0.3, -0.25) is 4.79 Å². The van der Waals surface area contributed by atoms with Gasteiger partial charge in [-0.2, -0.15) is 0 Å². The van der Waals surface area contributed by atoms with E-state index in [2.05, 4.69) is 0 Å². The van der Waals surface area contributed by atoms with E-state index in [1.807, 2.05) is 6.92 Å². The lowest BCUT2D eigenvalue weighted by Crippen LogP contribution is -2.54. The number of fused-ring (bicyclic) bond motifs is 1. The normalized spacial score (nSPS) is 16.9. The fourth-order valence-corrected chi connectivity index (χ4v) is 2.69. The van der Waals surface area contributed by atoms with Crippen LogP contribution in [0.5, 0.6) is 0 Å². The highest BCUT2D eigenvalue weighted by Crippen LogP contribution is 2.23. The highest BCUT2D eigenvalue weighted by molar-refractivity contribution is 5.86. The first kappa shape index (κ1) is 16.9. The minimum Gasteiger partial charge on any atom is -0.336 e. The molecule has 0 saturated heterocycles. The van der Waals surface area contributed by atoms with E-state index in [9.17, 15) is 9.18 Å². The minimum absolute atomic E-state index is 0. The lowest BCUT2D eigenvalue weighted by Gasteiger charge is -2.35. The van der Waals surface area contributed by atoms with Gasteiger partial charge in [-0.25, -0.2) is 4.39 Å². The summed E-state index contributed by atoms with van der Waals surface area (Å²) < 4.78 is 13.2. The summed E-state index contributed by atoms with van der Waals surface area (Å²) >= 11 is 0. The Morgan fingerprint density at radius 1 is 1.45 bits per heavy atom. The van der Waals surface area contributed by atoms with E-state index in [0.29, 0.717) is 19.5 Å². The molecule has 5 heteroatoms. The quantitative estimate of drug-likeness (QED) is 0.933. The number of hydrogen-bond acceptors (Lipinski definition) is 2. The molecule has 1 unspecified atom stereocenters. The molecule has 2 N–H and O–H groups in total. The lowest BCUT2D eigenvalue weighted by atomic mass is 9.93. The molecule has 0 aromatic heterocycles. The Hall–Kier alpha value is -1.13. The number of nitrogens with zero attached hydrogens (tertiary/aromatic N) is 1. The van der Waals surface area contributed by atoms with Gasteiger partial charge in [-0.05, 0) is 43.0 Å². The van der Waals surface area contributed by atoms with Crippen molar-refractivity contribution in [1.29, 1.82) is 0 Å². The molecule has 1 aromatic carbocycles. The predicted octanol–water partition coefficient (Wildman–Crippen LogP) is 2.65. The average molecular weight is 301 g/mol. The van der Waals surface area contributed by atoms with Crippen LogP contribution in [0.3, 0.4) is 0 Å². The van der Waals surface area contributed by atoms with Crippen molar-refractivity contribution in [2.75, 3.05) is 6.54 Å². The van der Waals surface area contributed by atoms with Crippen molar-refractivity contribution in [3.63, 3.8) is 0 Å². The summed E-state index contributed by atoms with van der Waals surface area (Å²) in [6.07, 6.45) is 2.31. The lowest BCUT2D eigenvalue weighted by molar-refractivity contribution is -0.137. The van der Waals surface area contributed by atoms with Crippen molar-refractivity contribution < 1.29 is 9.18 Å². The van der Waals surface area contributed by atoms with Crippen molar-refractivity contribution in [1.82, 2.24) is 4.90 Å². The average Bonchev–Trinajstić information content (AvgIpc) is 2.36. The van der Waals surface area contributed by atoms with Gasteiger partial charge in [-0.15, -0.1) is 12.4 Å². The van der Waals surface area contributed by atoms with Crippen LogP contribution >= 0.6 is 12.4 Å². The molecule has 0 aliphatic carbocycles. The number of halogens is 2. The Labute approximate surface area is 125 Å². The zero-order chi connectivity index (χ0) is 14.0. The third-order valence-electron chi connectivity index (χ3n) is 3.73. The van der Waals surface area contributed by atoms with Crippen LogP contribution in [0.4, 0.5) is 4.39 Å². The van der Waals surface area contributed by atoms with E-state index in [1.165, 1.54) is 12.1 Å². The second kappa shape index (κ2) is 6.55. The second-order valence-corrected chi connectivity index (χ2v) is 5.56. The molecule has 0 radical (unpaired) electrons. The van der Waals surface area contributed by atoms with Crippen molar-refractivity contribution >= 4 is 18.3 Å². The molecular weight excluding hydrogens is 279 g/mol. The SMILES string of the molecule is CCCC(C)(N)C(=O)N1CCc2ccc(F)cc2C1.Cl. The zero-order valence-corrected chi connectivity index (χ0v) is 12.8. The first-order valence-electron chi connectivity index (χ1n) is 6.79. The monoisotopic (exact) mass is 300 g/mol. The van der Waals surface area contributed by atoms with Crippen LogP contribution in [0.1, 0.15) is 37.8 Å². The second-order valence-electron chi connectivity index (χ2n) is 5.56. The summed E-state index contributed by atoms with van der Waals surface area (Å²) in [4.78, 5) is 14.2. The largest absolute Gasteiger partial charge is 0.336 e. The molecule has 20 heavy (non-hydrogen) atoms. The maximum atomic E-state index is 13.2. The van der Waals surface area contributed by atoms with E-state index >= 15 is 0 Å². The highest BCUT2D eigenvalue weighted by Gasteiger charge is 2.33. The van der Waals surface area contributed by atoms with Crippen molar-refractivity contribution in [3.8, 4) is 0 Å². The van der Waals surface area contributed by atoms with E-state index in [-0.39, 0.29) is 24.1 Å². The number of amides is 1.